The Balaban J connectivity index is 2.57. The summed E-state index contributed by atoms with van der Waals surface area (Å²) in [5.41, 5.74) is 2.51. The number of hydrogen-bond acceptors (Lipinski definition) is 3. The second kappa shape index (κ2) is 7.94. The van der Waals surface area contributed by atoms with Crippen LogP contribution in [0.1, 0.15) is 24.0 Å². The topological polar surface area (TPSA) is 50.8 Å². The molecule has 1 aromatic carbocycles. The minimum atomic E-state index is -0.0691. The zero-order chi connectivity index (χ0) is 14.3. The smallest absolute Gasteiger partial charge is 0.0669 e. The van der Waals surface area contributed by atoms with Gasteiger partial charge >= 0.3 is 0 Å². The minimum Gasteiger partial charge on any atom is -0.301 e. The first-order valence-electron chi connectivity index (χ1n) is 6.27. The third-order valence-electron chi connectivity index (χ3n) is 3.06. The Hall–Kier alpha value is -1.36. The number of hydrogen-bond donors (Lipinski definition) is 0. The van der Waals surface area contributed by atoms with Crippen LogP contribution >= 0.6 is 15.9 Å². The number of rotatable bonds is 6. The molecule has 0 aliphatic heterocycles. The first-order valence-corrected chi connectivity index (χ1v) is 7.06. The van der Waals surface area contributed by atoms with Crippen LogP contribution in [0.5, 0.6) is 0 Å². The van der Waals surface area contributed by atoms with E-state index in [0.29, 0.717) is 19.4 Å². The number of nitrogens with zero attached hydrogens (tertiary/aromatic N) is 3. The first kappa shape index (κ1) is 15.7. The summed E-state index contributed by atoms with van der Waals surface area (Å²) in [6, 6.07) is 10.6. The van der Waals surface area contributed by atoms with E-state index in [9.17, 15) is 0 Å². The summed E-state index contributed by atoms with van der Waals surface area (Å²) in [6.45, 7) is 3.61. The normalized spacial score (nSPS) is 11.9. The van der Waals surface area contributed by atoms with Crippen molar-refractivity contribution in [3.05, 3.63) is 33.8 Å². The van der Waals surface area contributed by atoms with Crippen LogP contribution in [0.25, 0.3) is 0 Å². The molecule has 19 heavy (non-hydrogen) atoms. The first-order chi connectivity index (χ1) is 9.06. The highest BCUT2D eigenvalue weighted by Gasteiger charge is 2.11. The quantitative estimate of drug-likeness (QED) is 0.804. The Labute approximate surface area is 123 Å². The van der Waals surface area contributed by atoms with Gasteiger partial charge in [-0.3, -0.25) is 0 Å². The molecule has 1 unspecified atom stereocenters. The molecule has 0 radical (unpaired) electrons. The summed E-state index contributed by atoms with van der Waals surface area (Å²) in [4.78, 5) is 2.14. The van der Waals surface area contributed by atoms with E-state index in [1.807, 2.05) is 13.1 Å². The second-order valence-corrected chi connectivity index (χ2v) is 5.71. The van der Waals surface area contributed by atoms with Gasteiger partial charge in [0, 0.05) is 24.0 Å². The fourth-order valence-electron chi connectivity index (χ4n) is 2.00. The standard InChI is InChI=1S/C15H18BrN3/c1-12-8-15(16)6-5-14(12)11-19(2)10-13(9-18)4-3-7-17/h5-6,8,13H,3-4,10-11H2,1-2H3. The summed E-state index contributed by atoms with van der Waals surface area (Å²) < 4.78 is 1.08. The average Bonchev–Trinajstić information content (AvgIpc) is 2.38. The Morgan fingerprint density at radius 3 is 2.68 bits per heavy atom. The molecule has 0 heterocycles. The largest absolute Gasteiger partial charge is 0.301 e. The molecule has 3 nitrogen and oxygen atoms in total. The van der Waals surface area contributed by atoms with Crippen LogP contribution in [0, 0.1) is 35.5 Å². The van der Waals surface area contributed by atoms with Gasteiger partial charge in [0.1, 0.15) is 0 Å². The minimum absolute atomic E-state index is 0.0691. The summed E-state index contributed by atoms with van der Waals surface area (Å²) in [7, 11) is 2.01. The molecule has 0 aliphatic carbocycles. The van der Waals surface area contributed by atoms with Crippen molar-refractivity contribution in [3.63, 3.8) is 0 Å². The highest BCUT2D eigenvalue weighted by molar-refractivity contribution is 9.10. The molecule has 0 spiro atoms. The highest BCUT2D eigenvalue weighted by atomic mass is 79.9. The van der Waals surface area contributed by atoms with Crippen molar-refractivity contribution in [3.8, 4) is 12.1 Å². The van der Waals surface area contributed by atoms with Crippen LogP contribution in [-0.4, -0.2) is 18.5 Å². The predicted octanol–water partition coefficient (Wildman–Crippen LogP) is 3.63. The number of aryl methyl sites for hydroxylation is 1. The highest BCUT2D eigenvalue weighted by Crippen LogP contribution is 2.17. The zero-order valence-electron chi connectivity index (χ0n) is 11.4. The van der Waals surface area contributed by atoms with Gasteiger partial charge in [-0.1, -0.05) is 22.0 Å². The van der Waals surface area contributed by atoms with Crippen LogP contribution in [0.4, 0.5) is 0 Å². The Morgan fingerprint density at radius 2 is 2.11 bits per heavy atom. The Bertz CT molecular complexity index is 499. The Kier molecular flexibility index (Phi) is 6.56. The van der Waals surface area contributed by atoms with Crippen LogP contribution < -0.4 is 0 Å². The molecular weight excluding hydrogens is 302 g/mol. The summed E-state index contributed by atoms with van der Waals surface area (Å²) in [5.74, 6) is -0.0691. The lowest BCUT2D eigenvalue weighted by atomic mass is 10.0. The SMILES string of the molecule is Cc1cc(Br)ccc1CN(C)CC(C#N)CCC#N. The average molecular weight is 320 g/mol. The molecule has 0 aromatic heterocycles. The molecular formula is C15H18BrN3. The van der Waals surface area contributed by atoms with Crippen molar-refractivity contribution in [1.29, 1.82) is 10.5 Å². The van der Waals surface area contributed by atoms with Crippen molar-refractivity contribution in [2.45, 2.75) is 26.3 Å². The lowest BCUT2D eigenvalue weighted by Gasteiger charge is -2.20. The molecule has 0 fully saturated rings. The maximum Gasteiger partial charge on any atom is 0.0669 e. The van der Waals surface area contributed by atoms with E-state index >= 15 is 0 Å². The third kappa shape index (κ3) is 5.42. The number of nitriles is 2. The molecule has 1 aromatic rings. The van der Waals surface area contributed by atoms with Crippen molar-refractivity contribution in [2.24, 2.45) is 5.92 Å². The van der Waals surface area contributed by atoms with Crippen molar-refractivity contribution < 1.29 is 0 Å². The van der Waals surface area contributed by atoms with Crippen molar-refractivity contribution in [2.75, 3.05) is 13.6 Å². The van der Waals surface area contributed by atoms with Gasteiger partial charge in [-0.05, 0) is 43.7 Å². The van der Waals surface area contributed by atoms with Gasteiger partial charge in [0.15, 0.2) is 0 Å². The van der Waals surface area contributed by atoms with E-state index in [-0.39, 0.29) is 5.92 Å². The maximum absolute atomic E-state index is 9.07. The van der Waals surface area contributed by atoms with Gasteiger partial charge in [-0.15, -0.1) is 0 Å². The van der Waals surface area contributed by atoms with E-state index < -0.39 is 0 Å². The Morgan fingerprint density at radius 1 is 1.37 bits per heavy atom. The second-order valence-electron chi connectivity index (χ2n) is 4.79. The fraction of sp³-hybridized carbons (Fsp3) is 0.467. The van der Waals surface area contributed by atoms with Gasteiger partial charge in [0.05, 0.1) is 18.1 Å². The van der Waals surface area contributed by atoms with Crippen LogP contribution in [0.15, 0.2) is 22.7 Å². The van der Waals surface area contributed by atoms with E-state index in [1.165, 1.54) is 11.1 Å². The fourth-order valence-corrected chi connectivity index (χ4v) is 2.48. The molecule has 0 N–H and O–H groups in total. The number of benzene rings is 1. The van der Waals surface area contributed by atoms with E-state index in [2.05, 4.69) is 52.0 Å². The van der Waals surface area contributed by atoms with E-state index in [4.69, 9.17) is 10.5 Å². The summed E-state index contributed by atoms with van der Waals surface area (Å²) >= 11 is 3.46. The van der Waals surface area contributed by atoms with Gasteiger partial charge in [-0.25, -0.2) is 0 Å². The maximum atomic E-state index is 9.07. The molecule has 1 atom stereocenters. The molecule has 4 heteroatoms. The third-order valence-corrected chi connectivity index (χ3v) is 3.56. The summed E-state index contributed by atoms with van der Waals surface area (Å²) in [6.07, 6.45) is 1.10. The lowest BCUT2D eigenvalue weighted by Crippen LogP contribution is -2.25. The molecule has 0 saturated heterocycles. The molecule has 0 aliphatic rings. The van der Waals surface area contributed by atoms with E-state index in [0.717, 1.165) is 11.0 Å². The van der Waals surface area contributed by atoms with Gasteiger partial charge < -0.3 is 4.90 Å². The van der Waals surface area contributed by atoms with Crippen LogP contribution in [-0.2, 0) is 6.54 Å². The number of halogens is 1. The van der Waals surface area contributed by atoms with E-state index in [1.54, 1.807) is 0 Å². The van der Waals surface area contributed by atoms with Crippen molar-refractivity contribution in [1.82, 2.24) is 4.90 Å². The van der Waals surface area contributed by atoms with Crippen LogP contribution in [0.2, 0.25) is 0 Å². The molecule has 100 valence electrons. The molecule has 0 saturated carbocycles. The molecule has 0 amide bonds. The van der Waals surface area contributed by atoms with Gasteiger partial charge in [0.25, 0.3) is 0 Å². The van der Waals surface area contributed by atoms with Crippen LogP contribution in [0.3, 0.4) is 0 Å². The molecule has 1 rings (SSSR count). The van der Waals surface area contributed by atoms with Gasteiger partial charge in [-0.2, -0.15) is 10.5 Å². The van der Waals surface area contributed by atoms with Crippen molar-refractivity contribution >= 4 is 15.9 Å². The molecule has 0 bridgehead atoms. The zero-order valence-corrected chi connectivity index (χ0v) is 12.9. The lowest BCUT2D eigenvalue weighted by molar-refractivity contribution is 0.289. The van der Waals surface area contributed by atoms with Gasteiger partial charge in [0.2, 0.25) is 0 Å². The predicted molar refractivity (Wildman–Crippen MR) is 79.2 cm³/mol. The monoisotopic (exact) mass is 319 g/mol. The summed E-state index contributed by atoms with van der Waals surface area (Å²) in [5, 5.41) is 17.6.